The van der Waals surface area contributed by atoms with Crippen molar-refractivity contribution in [3.63, 3.8) is 0 Å². The van der Waals surface area contributed by atoms with Crippen molar-refractivity contribution in [2.45, 2.75) is 59.3 Å². The lowest BCUT2D eigenvalue weighted by molar-refractivity contribution is 0.593. The van der Waals surface area contributed by atoms with E-state index in [9.17, 15) is 0 Å². The Labute approximate surface area is 133 Å². The van der Waals surface area contributed by atoms with E-state index in [1.165, 1.54) is 26.4 Å². The Hall–Kier alpha value is -1.21. The van der Waals surface area contributed by atoms with Gasteiger partial charge in [0.25, 0.3) is 0 Å². The topological polar surface area (TPSA) is 0 Å². The van der Waals surface area contributed by atoms with Gasteiger partial charge in [-0.1, -0.05) is 71.4 Å². The zero-order valence-electron chi connectivity index (χ0n) is 14.4. The van der Waals surface area contributed by atoms with Crippen molar-refractivity contribution in [3.05, 3.63) is 51.7 Å². The lowest BCUT2D eigenvalue weighted by atomic mass is 9.90. The maximum absolute atomic E-state index is 2.37. The minimum absolute atomic E-state index is 0.186. The van der Waals surface area contributed by atoms with Crippen molar-refractivity contribution >= 4 is 11.3 Å². The van der Waals surface area contributed by atoms with E-state index in [1.54, 1.807) is 0 Å². The predicted octanol–water partition coefficient (Wildman–Crippen LogP) is 6.60. The smallest absolute Gasteiger partial charge is 0.0587 e. The Morgan fingerprint density at radius 2 is 1.10 bits per heavy atom. The van der Waals surface area contributed by atoms with Crippen LogP contribution in [0.2, 0.25) is 0 Å². The highest BCUT2D eigenvalue weighted by molar-refractivity contribution is 7.12. The van der Waals surface area contributed by atoms with Crippen LogP contribution in [-0.4, -0.2) is 0 Å². The molecule has 1 aromatic heterocycles. The van der Waals surface area contributed by atoms with Crippen molar-refractivity contribution in [1.82, 2.24) is 0 Å². The molecule has 0 amide bonds. The van der Waals surface area contributed by atoms with E-state index in [4.69, 9.17) is 0 Å². The Bertz CT molecular complexity index is 590. The molecule has 21 heavy (non-hydrogen) atoms. The van der Waals surface area contributed by atoms with Crippen LogP contribution in [0.25, 0.3) is 11.1 Å². The van der Waals surface area contributed by atoms with Crippen molar-refractivity contribution in [1.29, 1.82) is 0 Å². The zero-order valence-corrected chi connectivity index (χ0v) is 15.2. The first-order valence-electron chi connectivity index (χ1n) is 7.63. The fraction of sp³-hybridized carbons (Fsp3) is 0.450. The summed E-state index contributed by atoms with van der Waals surface area (Å²) in [5, 5.41) is 0. The van der Waals surface area contributed by atoms with Crippen LogP contribution in [0.15, 0.2) is 36.4 Å². The minimum Gasteiger partial charge on any atom is -0.0587 e. The second-order valence-corrected chi connectivity index (χ2v) is 9.02. The monoisotopic (exact) mass is 299 g/mol. The highest BCUT2D eigenvalue weighted by Crippen LogP contribution is 2.37. The van der Waals surface area contributed by atoms with Gasteiger partial charge in [-0.2, -0.15) is 0 Å². The molecule has 0 saturated heterocycles. The first kappa shape index (κ1) is 16.2. The van der Waals surface area contributed by atoms with Gasteiger partial charge in [0.15, 0.2) is 0 Å². The van der Waals surface area contributed by atoms with Crippen LogP contribution in [0, 0.1) is 6.92 Å². The molecule has 1 heteroatoms. The van der Waals surface area contributed by atoms with Gasteiger partial charge in [-0.3, -0.25) is 0 Å². The molecule has 0 aliphatic heterocycles. The van der Waals surface area contributed by atoms with E-state index < -0.39 is 0 Å². The van der Waals surface area contributed by atoms with Crippen LogP contribution >= 0.6 is 11.3 Å². The second kappa shape index (κ2) is 5.53. The standard InChI is InChI=1S/C20H27S/c1-14-8-10-15(11-9-14)16-12-17(19(2,3)4)21-18(13-16)20(5,6)7/h8-13H,1-7H3/q+1. The van der Waals surface area contributed by atoms with E-state index in [1.807, 2.05) is 11.3 Å². The highest BCUT2D eigenvalue weighted by Gasteiger charge is 2.32. The van der Waals surface area contributed by atoms with Gasteiger partial charge >= 0.3 is 0 Å². The molecule has 0 fully saturated rings. The third-order valence-corrected chi connectivity index (χ3v) is 5.56. The van der Waals surface area contributed by atoms with E-state index in [-0.39, 0.29) is 10.8 Å². The molecule has 2 aromatic rings. The molecular weight excluding hydrogens is 272 g/mol. The number of rotatable bonds is 1. The van der Waals surface area contributed by atoms with Crippen LogP contribution in [0.5, 0.6) is 0 Å². The van der Waals surface area contributed by atoms with Crippen LogP contribution in [0.1, 0.15) is 56.9 Å². The number of aryl methyl sites for hydroxylation is 1. The normalized spacial score (nSPS) is 12.5. The summed E-state index contributed by atoms with van der Waals surface area (Å²) in [7, 11) is 0. The fourth-order valence-electron chi connectivity index (χ4n) is 2.15. The van der Waals surface area contributed by atoms with Gasteiger partial charge in [-0.05, 0) is 18.1 Å². The van der Waals surface area contributed by atoms with E-state index in [2.05, 4.69) is 84.9 Å². The second-order valence-electron chi connectivity index (χ2n) is 7.94. The zero-order chi connectivity index (χ0) is 15.8. The fourth-order valence-corrected chi connectivity index (χ4v) is 3.37. The van der Waals surface area contributed by atoms with Gasteiger partial charge in [-0.15, -0.1) is 0 Å². The predicted molar refractivity (Wildman–Crippen MR) is 96.3 cm³/mol. The van der Waals surface area contributed by atoms with Gasteiger partial charge in [0.2, 0.25) is 21.1 Å². The van der Waals surface area contributed by atoms with Gasteiger partial charge in [0.1, 0.15) is 0 Å². The van der Waals surface area contributed by atoms with E-state index >= 15 is 0 Å². The Balaban J connectivity index is 2.63. The Morgan fingerprint density at radius 1 is 0.667 bits per heavy atom. The van der Waals surface area contributed by atoms with Crippen LogP contribution in [0.4, 0.5) is 0 Å². The highest BCUT2D eigenvalue weighted by atomic mass is 32.1. The molecule has 0 spiro atoms. The number of benzene rings is 1. The summed E-state index contributed by atoms with van der Waals surface area (Å²) in [6.07, 6.45) is 0. The summed E-state index contributed by atoms with van der Waals surface area (Å²) in [6.45, 7) is 15.9. The maximum Gasteiger partial charge on any atom is 0.219 e. The summed E-state index contributed by atoms with van der Waals surface area (Å²) in [5.74, 6) is 0. The molecule has 0 unspecified atom stereocenters. The number of hydrogen-bond donors (Lipinski definition) is 0. The Kier molecular flexibility index (Phi) is 4.26. The molecule has 0 nitrogen and oxygen atoms in total. The molecule has 0 bridgehead atoms. The van der Waals surface area contributed by atoms with E-state index in [0.29, 0.717) is 0 Å². The average Bonchev–Trinajstić information content (AvgIpc) is 2.37. The summed E-state index contributed by atoms with van der Waals surface area (Å²) in [5.41, 5.74) is 4.33. The van der Waals surface area contributed by atoms with Gasteiger partial charge in [-0.25, -0.2) is 0 Å². The quantitative estimate of drug-likeness (QED) is 0.520. The molecule has 1 aromatic carbocycles. The molecule has 0 saturated carbocycles. The van der Waals surface area contributed by atoms with Crippen LogP contribution in [0.3, 0.4) is 0 Å². The third-order valence-electron chi connectivity index (χ3n) is 3.66. The Morgan fingerprint density at radius 3 is 1.48 bits per heavy atom. The molecule has 0 aliphatic carbocycles. The van der Waals surface area contributed by atoms with Crippen molar-refractivity contribution < 1.29 is 0 Å². The molecule has 0 atom stereocenters. The first-order valence-corrected chi connectivity index (χ1v) is 8.45. The van der Waals surface area contributed by atoms with Crippen molar-refractivity contribution in [2.24, 2.45) is 0 Å². The summed E-state index contributed by atoms with van der Waals surface area (Å²) < 4.78 is 0. The van der Waals surface area contributed by atoms with Gasteiger partial charge < -0.3 is 0 Å². The largest absolute Gasteiger partial charge is 0.219 e. The van der Waals surface area contributed by atoms with Crippen LogP contribution in [-0.2, 0) is 10.8 Å². The number of hydrogen-bond acceptors (Lipinski definition) is 0. The van der Waals surface area contributed by atoms with Gasteiger partial charge in [0.05, 0.1) is 0 Å². The molecule has 1 heterocycles. The first-order chi connectivity index (χ1) is 9.57. The maximum atomic E-state index is 2.37. The molecule has 0 N–H and O–H groups in total. The lowest BCUT2D eigenvalue weighted by Gasteiger charge is -2.16. The SMILES string of the molecule is Cc1ccc(-c2cc(C(C)(C)C)[s+]c(C(C)(C)C)c2)cc1. The van der Waals surface area contributed by atoms with Crippen LogP contribution < -0.4 is 0 Å². The summed E-state index contributed by atoms with van der Waals surface area (Å²) >= 11 is 1.95. The molecule has 112 valence electrons. The average molecular weight is 300 g/mol. The third kappa shape index (κ3) is 3.91. The molecule has 0 aliphatic rings. The minimum atomic E-state index is 0.186. The molecular formula is C20H27S+. The summed E-state index contributed by atoms with van der Waals surface area (Å²) in [6, 6.07) is 13.6. The van der Waals surface area contributed by atoms with Gasteiger partial charge in [0, 0.05) is 23.0 Å². The lowest BCUT2D eigenvalue weighted by Crippen LogP contribution is -2.14. The van der Waals surface area contributed by atoms with E-state index in [0.717, 1.165) is 0 Å². The molecule has 2 rings (SSSR count). The van der Waals surface area contributed by atoms with Crippen molar-refractivity contribution in [3.8, 4) is 11.1 Å². The van der Waals surface area contributed by atoms with Crippen molar-refractivity contribution in [2.75, 3.05) is 0 Å². The molecule has 0 radical (unpaired) electrons. The summed E-state index contributed by atoms with van der Waals surface area (Å²) in [4.78, 5) is 2.90.